The molecule has 0 aromatic heterocycles. The van der Waals surface area contributed by atoms with Gasteiger partial charge < -0.3 is 0 Å². The lowest BCUT2D eigenvalue weighted by Crippen LogP contribution is -2.44. The van der Waals surface area contributed by atoms with Crippen molar-refractivity contribution in [2.75, 3.05) is 13.1 Å². The van der Waals surface area contributed by atoms with Crippen LogP contribution in [0.15, 0.2) is 18.2 Å². The van der Waals surface area contributed by atoms with E-state index < -0.39 is 5.82 Å². The van der Waals surface area contributed by atoms with Gasteiger partial charge in [-0.15, -0.1) is 0 Å². The minimum atomic E-state index is -0.413. The number of halogens is 1. The van der Waals surface area contributed by atoms with Crippen LogP contribution >= 0.6 is 0 Å². The minimum absolute atomic E-state index is 0.192. The molecule has 15 heavy (non-hydrogen) atoms. The molecule has 1 fully saturated rings. The molecule has 0 spiro atoms. The maximum atomic E-state index is 13.3. The van der Waals surface area contributed by atoms with Crippen molar-refractivity contribution in [2.45, 2.75) is 13.5 Å². The summed E-state index contributed by atoms with van der Waals surface area (Å²) in [6.45, 7) is 4.96. The normalized spacial score (nSPS) is 17.1. The van der Waals surface area contributed by atoms with E-state index >= 15 is 0 Å². The zero-order chi connectivity index (χ0) is 10.8. The highest BCUT2D eigenvalue weighted by atomic mass is 19.1. The van der Waals surface area contributed by atoms with Gasteiger partial charge in [0.25, 0.3) is 0 Å². The number of rotatable bonds is 2. The van der Waals surface area contributed by atoms with Crippen LogP contribution in [0.1, 0.15) is 18.1 Å². The first kappa shape index (κ1) is 10.1. The molecule has 1 aromatic rings. The number of hydrogen-bond acceptors (Lipinski definition) is 2. The summed E-state index contributed by atoms with van der Waals surface area (Å²) in [6, 6.07) is 6.75. The molecule has 0 radical (unpaired) electrons. The third kappa shape index (κ3) is 2.00. The maximum Gasteiger partial charge on any atom is 0.141 e. The Morgan fingerprint density at radius 3 is 2.87 bits per heavy atom. The Hall–Kier alpha value is -1.40. The van der Waals surface area contributed by atoms with Gasteiger partial charge in [-0.1, -0.05) is 19.1 Å². The van der Waals surface area contributed by atoms with E-state index in [0.717, 1.165) is 24.6 Å². The highest BCUT2D eigenvalue weighted by Crippen LogP contribution is 2.20. The molecule has 78 valence electrons. The monoisotopic (exact) mass is 204 g/mol. The molecule has 0 unspecified atom stereocenters. The predicted octanol–water partition coefficient (Wildman–Crippen LogP) is 2.15. The summed E-state index contributed by atoms with van der Waals surface area (Å²) in [7, 11) is 0. The molecule has 3 heteroatoms. The summed E-state index contributed by atoms with van der Waals surface area (Å²) in [6.07, 6.45) is 0. The SMILES string of the molecule is CC1CN(Cc2cccc(F)c2C#N)C1. The second-order valence-corrected chi connectivity index (χ2v) is 4.19. The van der Waals surface area contributed by atoms with Crippen LogP contribution in [0.2, 0.25) is 0 Å². The summed E-state index contributed by atoms with van der Waals surface area (Å²) >= 11 is 0. The molecular weight excluding hydrogens is 191 g/mol. The average molecular weight is 204 g/mol. The van der Waals surface area contributed by atoms with Crippen molar-refractivity contribution in [3.05, 3.63) is 35.1 Å². The third-order valence-electron chi connectivity index (χ3n) is 2.75. The molecule has 1 aromatic carbocycles. The van der Waals surface area contributed by atoms with E-state index in [-0.39, 0.29) is 5.56 Å². The zero-order valence-electron chi connectivity index (χ0n) is 8.70. The van der Waals surface area contributed by atoms with Crippen molar-refractivity contribution in [3.8, 4) is 6.07 Å². The Bertz CT molecular complexity index is 403. The molecular formula is C12H13FN2. The molecule has 0 saturated carbocycles. The first-order chi connectivity index (χ1) is 7.20. The van der Waals surface area contributed by atoms with Gasteiger partial charge in [0.05, 0.1) is 5.56 Å². The van der Waals surface area contributed by atoms with Crippen LogP contribution in [-0.4, -0.2) is 18.0 Å². The number of nitrogens with zero attached hydrogens (tertiary/aromatic N) is 2. The topological polar surface area (TPSA) is 27.0 Å². The first-order valence-corrected chi connectivity index (χ1v) is 5.10. The molecule has 0 aliphatic carbocycles. The van der Waals surface area contributed by atoms with Crippen LogP contribution in [0, 0.1) is 23.1 Å². The van der Waals surface area contributed by atoms with Crippen molar-refractivity contribution in [1.82, 2.24) is 4.90 Å². The Balaban J connectivity index is 2.15. The largest absolute Gasteiger partial charge is 0.298 e. The maximum absolute atomic E-state index is 13.3. The van der Waals surface area contributed by atoms with Gasteiger partial charge >= 0.3 is 0 Å². The quantitative estimate of drug-likeness (QED) is 0.738. The fraction of sp³-hybridized carbons (Fsp3) is 0.417. The van der Waals surface area contributed by atoms with E-state index in [1.807, 2.05) is 12.1 Å². The Labute approximate surface area is 88.9 Å². The predicted molar refractivity (Wildman–Crippen MR) is 55.6 cm³/mol. The van der Waals surface area contributed by atoms with Crippen LogP contribution in [0.25, 0.3) is 0 Å². The van der Waals surface area contributed by atoms with Gasteiger partial charge in [0.2, 0.25) is 0 Å². The van der Waals surface area contributed by atoms with Gasteiger partial charge in [-0.3, -0.25) is 4.90 Å². The lowest BCUT2D eigenvalue weighted by Gasteiger charge is -2.37. The fourth-order valence-corrected chi connectivity index (χ4v) is 2.02. The highest BCUT2D eigenvalue weighted by Gasteiger charge is 2.23. The van der Waals surface area contributed by atoms with E-state index in [1.54, 1.807) is 6.07 Å². The Morgan fingerprint density at radius 1 is 1.53 bits per heavy atom. The molecule has 1 aliphatic heterocycles. The number of benzene rings is 1. The van der Waals surface area contributed by atoms with E-state index in [1.165, 1.54) is 6.07 Å². The van der Waals surface area contributed by atoms with Gasteiger partial charge in [-0.05, 0) is 17.5 Å². The van der Waals surface area contributed by atoms with Gasteiger partial charge in [0, 0.05) is 19.6 Å². The molecule has 2 nitrogen and oxygen atoms in total. The third-order valence-corrected chi connectivity index (χ3v) is 2.75. The Morgan fingerprint density at radius 2 is 2.27 bits per heavy atom. The second-order valence-electron chi connectivity index (χ2n) is 4.19. The molecule has 0 atom stereocenters. The number of hydrogen-bond donors (Lipinski definition) is 0. The van der Waals surface area contributed by atoms with Gasteiger partial charge in [0.15, 0.2) is 0 Å². The molecule has 1 heterocycles. The van der Waals surface area contributed by atoms with Crippen LogP contribution < -0.4 is 0 Å². The zero-order valence-corrected chi connectivity index (χ0v) is 8.70. The van der Waals surface area contributed by atoms with Crippen molar-refractivity contribution in [2.24, 2.45) is 5.92 Å². The lowest BCUT2D eigenvalue weighted by molar-refractivity contribution is 0.105. The lowest BCUT2D eigenvalue weighted by atomic mass is 10.00. The fourth-order valence-electron chi connectivity index (χ4n) is 2.02. The summed E-state index contributed by atoms with van der Waals surface area (Å²) in [5.74, 6) is 0.313. The smallest absolute Gasteiger partial charge is 0.141 e. The molecule has 1 aliphatic rings. The van der Waals surface area contributed by atoms with Crippen LogP contribution in [0.5, 0.6) is 0 Å². The van der Waals surface area contributed by atoms with Crippen molar-refractivity contribution in [1.29, 1.82) is 5.26 Å². The average Bonchev–Trinajstić information content (AvgIpc) is 2.16. The molecule has 0 N–H and O–H groups in total. The van der Waals surface area contributed by atoms with E-state index in [0.29, 0.717) is 6.54 Å². The van der Waals surface area contributed by atoms with E-state index in [2.05, 4.69) is 11.8 Å². The standard InChI is InChI=1S/C12H13FN2/c1-9-6-15(7-9)8-10-3-2-4-12(13)11(10)5-14/h2-4,9H,6-8H2,1H3. The van der Waals surface area contributed by atoms with Gasteiger partial charge in [0.1, 0.15) is 11.9 Å². The summed E-state index contributed by atoms with van der Waals surface area (Å²) in [5.41, 5.74) is 0.987. The van der Waals surface area contributed by atoms with Crippen molar-refractivity contribution in [3.63, 3.8) is 0 Å². The minimum Gasteiger partial charge on any atom is -0.298 e. The van der Waals surface area contributed by atoms with Crippen LogP contribution in [0.4, 0.5) is 4.39 Å². The van der Waals surface area contributed by atoms with Crippen LogP contribution in [0.3, 0.4) is 0 Å². The summed E-state index contributed by atoms with van der Waals surface area (Å²) < 4.78 is 13.3. The molecule has 2 rings (SSSR count). The van der Waals surface area contributed by atoms with Crippen molar-refractivity contribution >= 4 is 0 Å². The number of likely N-dealkylation sites (tertiary alicyclic amines) is 1. The highest BCUT2D eigenvalue weighted by molar-refractivity contribution is 5.38. The van der Waals surface area contributed by atoms with Crippen molar-refractivity contribution < 1.29 is 4.39 Å². The molecule has 0 bridgehead atoms. The summed E-state index contributed by atoms with van der Waals surface area (Å²) in [4.78, 5) is 2.22. The molecule has 1 saturated heterocycles. The first-order valence-electron chi connectivity index (χ1n) is 5.10. The van der Waals surface area contributed by atoms with Crippen LogP contribution in [-0.2, 0) is 6.54 Å². The van der Waals surface area contributed by atoms with Gasteiger partial charge in [-0.2, -0.15) is 5.26 Å². The van der Waals surface area contributed by atoms with Gasteiger partial charge in [-0.25, -0.2) is 4.39 Å². The van der Waals surface area contributed by atoms with E-state index in [9.17, 15) is 4.39 Å². The number of nitriles is 1. The summed E-state index contributed by atoms with van der Waals surface area (Å²) in [5, 5.41) is 8.85. The van der Waals surface area contributed by atoms with E-state index in [4.69, 9.17) is 5.26 Å². The molecule has 0 amide bonds. The Kier molecular flexibility index (Phi) is 2.70. The second kappa shape index (κ2) is 4.00.